The number of nitrogens with one attached hydrogen (secondary N) is 4. The normalized spacial score (nSPS) is 11.1. The Morgan fingerprint density at radius 2 is 1.17 bits per heavy atom. The number of aliphatic carboxylic acids is 3. The van der Waals surface area contributed by atoms with E-state index in [0.29, 0.717) is 0 Å². The second-order valence-electron chi connectivity index (χ2n) is 7.54. The van der Waals surface area contributed by atoms with Gasteiger partial charge in [0.25, 0.3) is 5.97 Å². The lowest BCUT2D eigenvalue weighted by molar-refractivity contribution is -0.140. The minimum atomic E-state index is -1.33. The molecule has 4 amide bonds. The maximum absolute atomic E-state index is 12.0. The van der Waals surface area contributed by atoms with E-state index in [9.17, 15) is 33.6 Å². The van der Waals surface area contributed by atoms with E-state index < -0.39 is 66.6 Å². The van der Waals surface area contributed by atoms with Crippen LogP contribution in [0.1, 0.15) is 54.4 Å². The quantitative estimate of drug-likeness (QED) is 0.156. The van der Waals surface area contributed by atoms with Gasteiger partial charge in [-0.15, -0.1) is 0 Å². The molecule has 1 unspecified atom stereocenters. The Kier molecular flexibility index (Phi) is 20.6. The zero-order chi connectivity index (χ0) is 29.0. The molecule has 0 heterocycles. The van der Waals surface area contributed by atoms with Crippen LogP contribution in [0.4, 0.5) is 0 Å². The van der Waals surface area contributed by atoms with Crippen molar-refractivity contribution in [2.24, 2.45) is 5.92 Å². The van der Waals surface area contributed by atoms with Crippen LogP contribution in [0.25, 0.3) is 0 Å². The molecule has 2 atom stereocenters. The van der Waals surface area contributed by atoms with Crippen LogP contribution >= 0.6 is 0 Å². The number of rotatable bonds is 12. The second kappa shape index (κ2) is 20.3. The van der Waals surface area contributed by atoms with Gasteiger partial charge < -0.3 is 36.6 Å². The van der Waals surface area contributed by atoms with Crippen molar-refractivity contribution < 1.29 is 53.7 Å². The third-order valence-corrected chi connectivity index (χ3v) is 3.58. The summed E-state index contributed by atoms with van der Waals surface area (Å²) in [6, 6.07) is -2.24. The van der Waals surface area contributed by atoms with Crippen LogP contribution < -0.4 is 21.3 Å². The molecule has 0 bridgehead atoms. The van der Waals surface area contributed by atoms with Gasteiger partial charge in [-0.1, -0.05) is 20.8 Å². The van der Waals surface area contributed by atoms with Crippen LogP contribution in [0, 0.1) is 5.92 Å². The van der Waals surface area contributed by atoms with Crippen LogP contribution in [0.5, 0.6) is 0 Å². The zero-order valence-corrected chi connectivity index (χ0v) is 21.2. The molecule has 0 radical (unpaired) electrons. The Balaban J connectivity index is -0.00000103. The molecule has 0 rings (SSSR count). The molecule has 15 heteroatoms. The second-order valence-corrected chi connectivity index (χ2v) is 7.54. The van der Waals surface area contributed by atoms with E-state index in [0.717, 1.165) is 13.8 Å². The number of carbonyl (C=O) groups is 8. The van der Waals surface area contributed by atoms with Crippen molar-refractivity contribution in [3.63, 3.8) is 0 Å². The Hall–Kier alpha value is -4.04. The van der Waals surface area contributed by atoms with Crippen LogP contribution in [0.15, 0.2) is 0 Å². The summed E-state index contributed by atoms with van der Waals surface area (Å²) < 4.78 is 0. The van der Waals surface area contributed by atoms with Crippen molar-refractivity contribution in [1.29, 1.82) is 0 Å². The summed E-state index contributed by atoms with van der Waals surface area (Å²) in [5.41, 5.74) is 0. The van der Waals surface area contributed by atoms with E-state index in [4.69, 9.17) is 20.1 Å². The molecule has 36 heavy (non-hydrogen) atoms. The van der Waals surface area contributed by atoms with E-state index in [1.807, 2.05) is 0 Å². The number of hydrogen-bond donors (Lipinski definition) is 7. The van der Waals surface area contributed by atoms with Crippen LogP contribution in [0.3, 0.4) is 0 Å². The molecule has 0 aromatic heterocycles. The number of carboxylic acid groups (broad SMARTS) is 3. The van der Waals surface area contributed by atoms with E-state index >= 15 is 0 Å². The van der Waals surface area contributed by atoms with E-state index in [1.165, 1.54) is 6.92 Å². The molecular formula is C21H36N4O11. The maximum atomic E-state index is 12.0. The minimum absolute atomic E-state index is 0.164. The van der Waals surface area contributed by atoms with Gasteiger partial charge in [0.15, 0.2) is 0 Å². The Morgan fingerprint density at radius 1 is 0.722 bits per heavy atom. The predicted octanol–water partition coefficient (Wildman–Crippen LogP) is -1.50. The van der Waals surface area contributed by atoms with E-state index in [1.54, 1.807) is 20.8 Å². The Bertz CT molecular complexity index is 777. The summed E-state index contributed by atoms with van der Waals surface area (Å²) in [5.74, 6) is -6.06. The fourth-order valence-electron chi connectivity index (χ4n) is 2.00. The first-order valence-corrected chi connectivity index (χ1v) is 10.7. The molecule has 206 valence electrons. The maximum Gasteiger partial charge on any atom is 0.305 e. The first-order chi connectivity index (χ1) is 16.4. The van der Waals surface area contributed by atoms with Crippen molar-refractivity contribution in [3.8, 4) is 0 Å². The van der Waals surface area contributed by atoms with E-state index in [2.05, 4.69) is 21.3 Å². The number of amides is 4. The molecule has 0 spiro atoms. The van der Waals surface area contributed by atoms with Crippen LogP contribution in [-0.4, -0.2) is 87.8 Å². The average molecular weight is 521 g/mol. The molecule has 0 aliphatic rings. The molecular weight excluding hydrogens is 484 g/mol. The van der Waals surface area contributed by atoms with Gasteiger partial charge >= 0.3 is 11.9 Å². The highest BCUT2D eigenvalue weighted by Crippen LogP contribution is 2.01. The van der Waals surface area contributed by atoms with Crippen molar-refractivity contribution in [1.82, 2.24) is 21.3 Å². The van der Waals surface area contributed by atoms with E-state index in [-0.39, 0.29) is 24.7 Å². The lowest BCUT2D eigenvalue weighted by atomic mass is 10.0. The third-order valence-electron chi connectivity index (χ3n) is 3.58. The number of carbonyl (C=O) groups excluding carboxylic acids is 5. The third kappa shape index (κ3) is 24.6. The molecule has 0 fully saturated rings. The smallest absolute Gasteiger partial charge is 0.305 e. The molecule has 7 N–H and O–H groups in total. The molecule has 0 aliphatic carbocycles. The Morgan fingerprint density at radius 3 is 1.50 bits per heavy atom. The average Bonchev–Trinajstić information content (AvgIpc) is 2.72. The van der Waals surface area contributed by atoms with Crippen molar-refractivity contribution in [2.75, 3.05) is 13.1 Å². The van der Waals surface area contributed by atoms with Gasteiger partial charge in [-0.2, -0.15) is 0 Å². The molecule has 0 saturated heterocycles. The highest BCUT2D eigenvalue weighted by molar-refractivity contribution is 5.94. The van der Waals surface area contributed by atoms with Crippen molar-refractivity contribution in [2.45, 2.75) is 66.5 Å². The standard InChI is InChI=1S/C16H26N4O7.C3H6O2.C2H4O2/c1-8(2)14(16(27)17-6-9(3)21)20-12(23)7-18-15(26)11(5-13(24)25)19-10(4)22;1-2-3(4)5;1-2(3)4/h8,11,14H,5-7H2,1-4H3,(H,17,27)(H,18,26)(H,19,22)(H,20,23)(H,24,25);2H2,1H3,(H,4,5);1H3,(H,3,4)/t11-,14?;;/m0../s1. The van der Waals surface area contributed by atoms with Crippen molar-refractivity contribution >= 4 is 47.3 Å². The number of carboxylic acids is 3. The largest absolute Gasteiger partial charge is 0.481 e. The lowest BCUT2D eigenvalue weighted by Gasteiger charge is -2.22. The summed E-state index contributed by atoms with van der Waals surface area (Å²) >= 11 is 0. The minimum Gasteiger partial charge on any atom is -0.481 e. The van der Waals surface area contributed by atoms with Gasteiger partial charge in [-0.3, -0.25) is 38.4 Å². The van der Waals surface area contributed by atoms with Gasteiger partial charge in [0.05, 0.1) is 19.5 Å². The first kappa shape index (κ1) is 36.5. The van der Waals surface area contributed by atoms with Gasteiger partial charge in [-0.05, 0) is 12.8 Å². The van der Waals surface area contributed by atoms with Crippen molar-refractivity contribution in [3.05, 3.63) is 0 Å². The van der Waals surface area contributed by atoms with Gasteiger partial charge in [0.2, 0.25) is 23.6 Å². The summed E-state index contributed by atoms with van der Waals surface area (Å²) in [6.45, 7) is 7.82. The fraction of sp³-hybridized carbons (Fsp3) is 0.619. The number of Topliss-reactive ketones (excluding diaryl/α,β-unsaturated/α-hetero) is 1. The fourth-order valence-corrected chi connectivity index (χ4v) is 2.00. The van der Waals surface area contributed by atoms with Gasteiger partial charge in [0.1, 0.15) is 17.9 Å². The molecule has 0 aliphatic heterocycles. The molecule has 0 aromatic rings. The SMILES string of the molecule is CC(=O)CNC(=O)C(NC(=O)CNC(=O)[C@H](CC(=O)O)NC(C)=O)C(C)C.CC(=O)O.CCC(=O)O. The predicted molar refractivity (Wildman–Crippen MR) is 125 cm³/mol. The van der Waals surface area contributed by atoms with Gasteiger partial charge in [-0.25, -0.2) is 0 Å². The highest BCUT2D eigenvalue weighted by Gasteiger charge is 2.26. The summed E-state index contributed by atoms with van der Waals surface area (Å²) in [4.78, 5) is 87.1. The molecule has 0 saturated carbocycles. The summed E-state index contributed by atoms with van der Waals surface area (Å²) in [5, 5.41) is 33.1. The Labute approximate surface area is 208 Å². The lowest BCUT2D eigenvalue weighted by Crippen LogP contribution is -2.54. The number of ketones is 1. The van der Waals surface area contributed by atoms with Gasteiger partial charge in [0, 0.05) is 20.3 Å². The zero-order valence-electron chi connectivity index (χ0n) is 21.2. The van der Waals surface area contributed by atoms with Crippen LogP contribution in [-0.2, 0) is 38.4 Å². The topological polar surface area (TPSA) is 245 Å². The number of hydrogen-bond acceptors (Lipinski definition) is 8. The first-order valence-electron chi connectivity index (χ1n) is 10.7. The summed E-state index contributed by atoms with van der Waals surface area (Å²) in [7, 11) is 0. The highest BCUT2D eigenvalue weighted by atomic mass is 16.4. The van der Waals surface area contributed by atoms with Crippen LogP contribution in [0.2, 0.25) is 0 Å². The monoisotopic (exact) mass is 520 g/mol. The molecule has 15 nitrogen and oxygen atoms in total. The molecule has 0 aromatic carbocycles. The summed E-state index contributed by atoms with van der Waals surface area (Å²) in [6.07, 6.45) is -0.422.